The van der Waals surface area contributed by atoms with Gasteiger partial charge >= 0.3 is 0 Å². The Labute approximate surface area is 117 Å². The molecule has 0 aliphatic carbocycles. The molecule has 1 aromatic heterocycles. The van der Waals surface area contributed by atoms with E-state index in [0.717, 1.165) is 5.56 Å². The summed E-state index contributed by atoms with van der Waals surface area (Å²) in [5.74, 6) is 5.76. The number of H-pyrrole nitrogens is 1. The number of nitrogens with zero attached hydrogens (tertiary/aromatic N) is 2. The van der Waals surface area contributed by atoms with Crippen molar-refractivity contribution in [3.63, 3.8) is 0 Å². The molecule has 0 spiro atoms. The Balaban J connectivity index is 2.14. The number of aromatic nitrogens is 2. The zero-order valence-corrected chi connectivity index (χ0v) is 11.0. The van der Waals surface area contributed by atoms with Crippen molar-refractivity contribution in [1.29, 1.82) is 0 Å². The van der Waals surface area contributed by atoms with Crippen molar-refractivity contribution in [3.8, 4) is 0 Å². The average Bonchev–Trinajstić information content (AvgIpc) is 2.44. The monoisotopic (exact) mass is 293 g/mol. The molecule has 20 heavy (non-hydrogen) atoms. The van der Waals surface area contributed by atoms with E-state index in [1.54, 1.807) is 12.1 Å². The summed E-state index contributed by atoms with van der Waals surface area (Å²) < 4.78 is 0. The molecule has 1 aromatic carbocycles. The SMILES string of the molecule is NNc1cc(CSc2nccc(=O)[nH]2)ccc1[N+](=O)[O-]. The summed E-state index contributed by atoms with van der Waals surface area (Å²) in [6, 6.07) is 5.93. The summed E-state index contributed by atoms with van der Waals surface area (Å²) in [5, 5.41) is 11.2. The number of nitro benzene ring substituents is 1. The first-order valence-corrected chi connectivity index (χ1v) is 6.51. The number of aromatic amines is 1. The second-order valence-electron chi connectivity index (χ2n) is 3.78. The van der Waals surface area contributed by atoms with Crippen LogP contribution in [0, 0.1) is 10.1 Å². The van der Waals surface area contributed by atoms with Crippen LogP contribution >= 0.6 is 11.8 Å². The molecule has 0 aliphatic heterocycles. The van der Waals surface area contributed by atoms with Gasteiger partial charge < -0.3 is 10.4 Å². The highest BCUT2D eigenvalue weighted by atomic mass is 32.2. The van der Waals surface area contributed by atoms with Crippen LogP contribution in [0.5, 0.6) is 0 Å². The van der Waals surface area contributed by atoms with Crippen LogP contribution in [0.1, 0.15) is 5.56 Å². The summed E-state index contributed by atoms with van der Waals surface area (Å²) in [6.45, 7) is 0. The number of nitrogen functional groups attached to an aromatic ring is 1. The van der Waals surface area contributed by atoms with Gasteiger partial charge in [-0.05, 0) is 11.6 Å². The molecule has 2 aromatic rings. The van der Waals surface area contributed by atoms with Crippen molar-refractivity contribution in [2.24, 2.45) is 5.84 Å². The van der Waals surface area contributed by atoms with Gasteiger partial charge in [0.1, 0.15) is 5.69 Å². The smallest absolute Gasteiger partial charge is 0.293 e. The minimum atomic E-state index is -0.512. The number of anilines is 1. The van der Waals surface area contributed by atoms with E-state index in [-0.39, 0.29) is 16.9 Å². The van der Waals surface area contributed by atoms with Gasteiger partial charge in [-0.25, -0.2) is 4.98 Å². The first kappa shape index (κ1) is 14.0. The van der Waals surface area contributed by atoms with Crippen molar-refractivity contribution < 1.29 is 4.92 Å². The Bertz CT molecular complexity index is 688. The quantitative estimate of drug-likeness (QED) is 0.249. The van der Waals surface area contributed by atoms with Crippen molar-refractivity contribution in [2.45, 2.75) is 10.9 Å². The van der Waals surface area contributed by atoms with Crippen LogP contribution in [0.4, 0.5) is 11.4 Å². The molecular formula is C11H11N5O3S. The summed E-state index contributed by atoms with van der Waals surface area (Å²) in [5.41, 5.74) is 3.04. The molecule has 0 saturated carbocycles. The molecule has 4 N–H and O–H groups in total. The third kappa shape index (κ3) is 3.33. The number of nitrogens with one attached hydrogen (secondary N) is 2. The maximum absolute atomic E-state index is 11.1. The van der Waals surface area contributed by atoms with Crippen LogP contribution in [0.3, 0.4) is 0 Å². The molecule has 2 rings (SSSR count). The molecule has 0 aliphatic rings. The Kier molecular flexibility index (Phi) is 4.33. The first-order chi connectivity index (χ1) is 9.60. The second-order valence-corrected chi connectivity index (χ2v) is 4.74. The highest BCUT2D eigenvalue weighted by Crippen LogP contribution is 2.27. The molecule has 9 heteroatoms. The molecule has 0 atom stereocenters. The number of hydrogen-bond donors (Lipinski definition) is 3. The standard InChI is InChI=1S/C11H11N5O3S/c12-15-8-5-7(1-2-9(8)16(18)19)6-20-11-13-4-3-10(17)14-11/h1-5,15H,6,12H2,(H,13,14,17). The Hall–Kier alpha value is -2.39. The van der Waals surface area contributed by atoms with Crippen molar-refractivity contribution in [1.82, 2.24) is 9.97 Å². The van der Waals surface area contributed by atoms with Crippen molar-refractivity contribution in [3.05, 3.63) is 56.5 Å². The van der Waals surface area contributed by atoms with Gasteiger partial charge in [-0.2, -0.15) is 0 Å². The average molecular weight is 293 g/mol. The number of hydrogen-bond acceptors (Lipinski definition) is 7. The predicted molar refractivity (Wildman–Crippen MR) is 75.3 cm³/mol. The number of nitrogens with two attached hydrogens (primary N) is 1. The summed E-state index contributed by atoms with van der Waals surface area (Å²) in [4.78, 5) is 27.9. The van der Waals surface area contributed by atoms with Crippen LogP contribution in [0.25, 0.3) is 0 Å². The van der Waals surface area contributed by atoms with E-state index >= 15 is 0 Å². The lowest BCUT2D eigenvalue weighted by molar-refractivity contribution is -0.384. The third-order valence-electron chi connectivity index (χ3n) is 2.44. The van der Waals surface area contributed by atoms with Crippen LogP contribution in [0.15, 0.2) is 40.4 Å². The molecule has 1 heterocycles. The fraction of sp³-hybridized carbons (Fsp3) is 0.0909. The number of rotatable bonds is 5. The molecule has 104 valence electrons. The number of thioether (sulfide) groups is 1. The van der Waals surface area contributed by atoms with Gasteiger partial charge in [0.2, 0.25) is 0 Å². The number of nitro groups is 1. The zero-order chi connectivity index (χ0) is 14.5. The molecule has 0 amide bonds. The lowest BCUT2D eigenvalue weighted by Crippen LogP contribution is -2.09. The minimum absolute atomic E-state index is 0.0903. The molecule has 8 nitrogen and oxygen atoms in total. The van der Waals surface area contributed by atoms with Gasteiger partial charge in [-0.1, -0.05) is 17.8 Å². The van der Waals surface area contributed by atoms with Crippen LogP contribution in [0.2, 0.25) is 0 Å². The lowest BCUT2D eigenvalue weighted by Gasteiger charge is -2.05. The van der Waals surface area contributed by atoms with Crippen molar-refractivity contribution in [2.75, 3.05) is 5.43 Å². The second kappa shape index (κ2) is 6.17. The summed E-state index contributed by atoms with van der Waals surface area (Å²) in [7, 11) is 0. The highest BCUT2D eigenvalue weighted by molar-refractivity contribution is 7.98. The van der Waals surface area contributed by atoms with Gasteiger partial charge in [-0.3, -0.25) is 20.8 Å². The lowest BCUT2D eigenvalue weighted by atomic mass is 10.2. The molecule has 0 radical (unpaired) electrons. The first-order valence-electron chi connectivity index (χ1n) is 5.52. The third-order valence-corrected chi connectivity index (χ3v) is 3.40. The largest absolute Gasteiger partial charge is 0.318 e. The van der Waals surface area contributed by atoms with Gasteiger partial charge in [0.05, 0.1) is 4.92 Å². The molecule has 0 saturated heterocycles. The number of hydrazine groups is 1. The summed E-state index contributed by atoms with van der Waals surface area (Å²) in [6.07, 6.45) is 1.42. The van der Waals surface area contributed by atoms with Gasteiger partial charge in [-0.15, -0.1) is 0 Å². The highest BCUT2D eigenvalue weighted by Gasteiger charge is 2.13. The molecule has 0 fully saturated rings. The minimum Gasteiger partial charge on any atom is -0.318 e. The Morgan fingerprint density at radius 1 is 1.45 bits per heavy atom. The molecule has 0 bridgehead atoms. The Morgan fingerprint density at radius 3 is 2.90 bits per heavy atom. The Morgan fingerprint density at radius 2 is 2.25 bits per heavy atom. The fourth-order valence-electron chi connectivity index (χ4n) is 1.52. The van der Waals surface area contributed by atoms with E-state index in [1.807, 2.05) is 0 Å². The van der Waals surface area contributed by atoms with E-state index in [0.29, 0.717) is 10.9 Å². The van der Waals surface area contributed by atoms with E-state index in [9.17, 15) is 14.9 Å². The van der Waals surface area contributed by atoms with Crippen LogP contribution < -0.4 is 16.8 Å². The van der Waals surface area contributed by atoms with Crippen LogP contribution in [-0.2, 0) is 5.75 Å². The maximum Gasteiger partial charge on any atom is 0.293 e. The molecule has 0 unspecified atom stereocenters. The topological polar surface area (TPSA) is 127 Å². The van der Waals surface area contributed by atoms with Crippen molar-refractivity contribution >= 4 is 23.1 Å². The van der Waals surface area contributed by atoms with E-state index in [4.69, 9.17) is 5.84 Å². The molecular weight excluding hydrogens is 282 g/mol. The van der Waals surface area contributed by atoms with Crippen LogP contribution in [-0.4, -0.2) is 14.9 Å². The van der Waals surface area contributed by atoms with E-state index < -0.39 is 4.92 Å². The maximum atomic E-state index is 11.1. The zero-order valence-electron chi connectivity index (χ0n) is 10.2. The van der Waals surface area contributed by atoms with Gasteiger partial charge in [0.25, 0.3) is 11.2 Å². The van der Waals surface area contributed by atoms with E-state index in [1.165, 1.54) is 30.1 Å². The number of benzene rings is 1. The fourth-order valence-corrected chi connectivity index (χ4v) is 2.32. The van der Waals surface area contributed by atoms with Gasteiger partial charge in [0.15, 0.2) is 5.16 Å². The summed E-state index contributed by atoms with van der Waals surface area (Å²) >= 11 is 1.32. The normalized spacial score (nSPS) is 10.2. The van der Waals surface area contributed by atoms with Gasteiger partial charge in [0, 0.05) is 24.1 Å². The van der Waals surface area contributed by atoms with E-state index in [2.05, 4.69) is 15.4 Å². The predicted octanol–water partition coefficient (Wildman–Crippen LogP) is 1.26.